The van der Waals surface area contributed by atoms with Gasteiger partial charge in [-0.15, -0.1) is 0 Å². The van der Waals surface area contributed by atoms with E-state index in [0.717, 1.165) is 19.3 Å². The van der Waals surface area contributed by atoms with E-state index in [1.54, 1.807) is 12.2 Å². The summed E-state index contributed by atoms with van der Waals surface area (Å²) in [5.74, 6) is -0.592. The Balaban J connectivity index is 4.51. The summed E-state index contributed by atoms with van der Waals surface area (Å²) in [5, 5.41) is 0. The topological polar surface area (TPSA) is 91.3 Å². The van der Waals surface area contributed by atoms with Crippen LogP contribution in [0.1, 0.15) is 155 Å². The average molecular weight is 793 g/mol. The molecule has 0 aliphatic carbocycles. The van der Waals surface area contributed by atoms with Crippen molar-refractivity contribution in [3.05, 3.63) is 72.9 Å². The lowest BCUT2D eigenvalue weighted by molar-refractivity contribution is -0.870. The van der Waals surface area contributed by atoms with Gasteiger partial charge in [0, 0.05) is 12.7 Å². The van der Waals surface area contributed by atoms with E-state index in [9.17, 15) is 14.3 Å². The molecule has 1 N–H and O–H groups in total. The lowest BCUT2D eigenvalue weighted by atomic mass is 10.0. The predicted octanol–water partition coefficient (Wildman–Crippen LogP) is 12.7. The molecule has 0 rings (SSSR count). The van der Waals surface area contributed by atoms with Crippen molar-refractivity contribution in [2.24, 2.45) is 0 Å². The van der Waals surface area contributed by atoms with Gasteiger partial charge in [0.2, 0.25) is 0 Å². The molecule has 0 aromatic carbocycles. The number of phosphoric ester groups is 1. The highest BCUT2D eigenvalue weighted by molar-refractivity contribution is 7.47. The third-order valence-electron chi connectivity index (χ3n) is 9.01. The van der Waals surface area contributed by atoms with Gasteiger partial charge in [-0.25, -0.2) is 9.36 Å². The quantitative estimate of drug-likeness (QED) is 0.0165. The summed E-state index contributed by atoms with van der Waals surface area (Å²) in [6, 6.07) is 0. The molecule has 0 radical (unpaired) electrons. The molecule has 318 valence electrons. The fourth-order valence-corrected chi connectivity index (χ4v) is 6.36. The standard InChI is InChI=1S/C46H82NO7P/c1-6-8-10-12-14-16-18-20-22-23-24-25-26-27-29-31-33-35-37-39-46(48)54-45(44-53-55(49,50)52-42-40-47(3,4)5)43-51-41-38-36-34-32-30-28-21-19-17-15-13-11-9-7-2/h22-27,29,31,33,35,37,39,45H,6-21,28,30,32,34,36,38,40-44H2,1-5H3/p+1/t45-/m1/s1. The van der Waals surface area contributed by atoms with Crippen LogP contribution in [0.2, 0.25) is 0 Å². The monoisotopic (exact) mass is 793 g/mol. The van der Waals surface area contributed by atoms with Gasteiger partial charge in [-0.2, -0.15) is 0 Å². The summed E-state index contributed by atoms with van der Waals surface area (Å²) < 4.78 is 34.7. The maximum absolute atomic E-state index is 12.6. The molecule has 9 heteroatoms. The van der Waals surface area contributed by atoms with Crippen molar-refractivity contribution in [1.29, 1.82) is 0 Å². The molecule has 0 fully saturated rings. The number of rotatable bonds is 39. The van der Waals surface area contributed by atoms with Crippen LogP contribution in [0.15, 0.2) is 72.9 Å². The third-order valence-corrected chi connectivity index (χ3v) is 10.00. The number of likely N-dealkylation sites (N-methyl/N-ethyl adjacent to an activating group) is 1. The van der Waals surface area contributed by atoms with Crippen LogP contribution >= 0.6 is 7.82 Å². The van der Waals surface area contributed by atoms with E-state index < -0.39 is 19.9 Å². The van der Waals surface area contributed by atoms with Gasteiger partial charge in [0.05, 0.1) is 34.4 Å². The van der Waals surface area contributed by atoms with Crippen molar-refractivity contribution in [3.8, 4) is 0 Å². The second kappa shape index (κ2) is 38.8. The molecule has 0 aliphatic heterocycles. The van der Waals surface area contributed by atoms with E-state index in [0.29, 0.717) is 17.6 Å². The maximum atomic E-state index is 12.6. The number of phosphoric acid groups is 1. The van der Waals surface area contributed by atoms with Gasteiger partial charge >= 0.3 is 13.8 Å². The van der Waals surface area contributed by atoms with Crippen LogP contribution in [-0.4, -0.2) is 75.6 Å². The number of hydrogen-bond acceptors (Lipinski definition) is 6. The lowest BCUT2D eigenvalue weighted by Crippen LogP contribution is -2.37. The summed E-state index contributed by atoms with van der Waals surface area (Å²) in [5.41, 5.74) is 0. The Bertz CT molecular complexity index is 1110. The molecule has 8 nitrogen and oxygen atoms in total. The number of unbranched alkanes of at least 4 members (excludes halogenated alkanes) is 20. The summed E-state index contributed by atoms with van der Waals surface area (Å²) in [7, 11) is 1.57. The predicted molar refractivity (Wildman–Crippen MR) is 233 cm³/mol. The first-order chi connectivity index (χ1) is 26.6. The normalized spacial score (nSPS) is 14.5. The molecule has 0 aromatic rings. The second-order valence-electron chi connectivity index (χ2n) is 15.6. The second-order valence-corrected chi connectivity index (χ2v) is 17.0. The van der Waals surface area contributed by atoms with E-state index in [2.05, 4.69) is 26.0 Å². The van der Waals surface area contributed by atoms with Crippen molar-refractivity contribution in [2.45, 2.75) is 161 Å². The van der Waals surface area contributed by atoms with Gasteiger partial charge in [-0.1, -0.05) is 203 Å². The van der Waals surface area contributed by atoms with Crippen LogP contribution in [0.25, 0.3) is 0 Å². The number of allylic oxidation sites excluding steroid dienone is 11. The number of carbonyl (C=O) groups is 1. The number of esters is 1. The van der Waals surface area contributed by atoms with Crippen molar-refractivity contribution < 1.29 is 37.3 Å². The number of carbonyl (C=O) groups excluding carboxylic acids is 1. The first-order valence-corrected chi connectivity index (χ1v) is 23.3. The smallest absolute Gasteiger partial charge is 0.454 e. The summed E-state index contributed by atoms with van der Waals surface area (Å²) >= 11 is 0. The van der Waals surface area contributed by atoms with Crippen LogP contribution in [0.4, 0.5) is 0 Å². The molecule has 0 aliphatic rings. The van der Waals surface area contributed by atoms with E-state index >= 15 is 0 Å². The minimum atomic E-state index is -4.32. The number of ether oxygens (including phenoxy) is 2. The van der Waals surface area contributed by atoms with Crippen molar-refractivity contribution in [2.75, 3.05) is 54.1 Å². The highest BCUT2D eigenvalue weighted by Crippen LogP contribution is 2.43. The molecule has 0 spiro atoms. The molecule has 0 saturated carbocycles. The Morgan fingerprint density at radius 2 is 1.00 bits per heavy atom. The van der Waals surface area contributed by atoms with Gasteiger partial charge in [0.25, 0.3) is 0 Å². The van der Waals surface area contributed by atoms with Crippen molar-refractivity contribution in [3.63, 3.8) is 0 Å². The van der Waals surface area contributed by atoms with Crippen LogP contribution in [-0.2, 0) is 27.9 Å². The summed E-state index contributed by atoms with van der Waals surface area (Å²) in [6.07, 6.45) is 50.1. The molecule has 0 aromatic heterocycles. The molecule has 0 saturated heterocycles. The summed E-state index contributed by atoms with van der Waals surface area (Å²) in [4.78, 5) is 22.7. The molecule has 2 atom stereocenters. The van der Waals surface area contributed by atoms with Gasteiger partial charge in [-0.05, 0) is 19.3 Å². The minimum Gasteiger partial charge on any atom is -0.454 e. The van der Waals surface area contributed by atoms with Gasteiger partial charge < -0.3 is 18.9 Å². The maximum Gasteiger partial charge on any atom is 0.472 e. The Morgan fingerprint density at radius 3 is 1.49 bits per heavy atom. The van der Waals surface area contributed by atoms with Gasteiger partial charge in [0.15, 0.2) is 0 Å². The Hall–Kier alpha value is -2.06. The minimum absolute atomic E-state index is 0.0596. The van der Waals surface area contributed by atoms with E-state index in [-0.39, 0.29) is 19.8 Å². The zero-order chi connectivity index (χ0) is 40.6. The SMILES string of the molecule is CCCCCCCCCC=CC=CC=CC=CC=CC=CC(=O)O[C@H](COCCCCCCCCCCCCCCCC)COP(=O)(O)OCC[N+](C)(C)C. The first kappa shape index (κ1) is 52.9. The zero-order valence-corrected chi connectivity index (χ0v) is 36.8. The van der Waals surface area contributed by atoms with Crippen LogP contribution in [0, 0.1) is 0 Å². The first-order valence-electron chi connectivity index (χ1n) is 21.8. The van der Waals surface area contributed by atoms with Crippen molar-refractivity contribution in [1.82, 2.24) is 0 Å². The zero-order valence-electron chi connectivity index (χ0n) is 35.9. The van der Waals surface area contributed by atoms with Crippen LogP contribution in [0.3, 0.4) is 0 Å². The Morgan fingerprint density at radius 1 is 0.564 bits per heavy atom. The largest absolute Gasteiger partial charge is 0.472 e. The lowest BCUT2D eigenvalue weighted by Gasteiger charge is -2.24. The Labute approximate surface area is 338 Å². The molecule has 0 heterocycles. The molecule has 55 heavy (non-hydrogen) atoms. The van der Waals surface area contributed by atoms with Crippen LogP contribution < -0.4 is 0 Å². The molecule has 0 amide bonds. The van der Waals surface area contributed by atoms with E-state index in [1.165, 1.54) is 128 Å². The highest BCUT2D eigenvalue weighted by Gasteiger charge is 2.26. The molecular formula is C46H83NO7P+. The van der Waals surface area contributed by atoms with Crippen LogP contribution in [0.5, 0.6) is 0 Å². The van der Waals surface area contributed by atoms with E-state index in [1.807, 2.05) is 63.7 Å². The van der Waals surface area contributed by atoms with E-state index in [4.69, 9.17) is 18.5 Å². The summed E-state index contributed by atoms with van der Waals surface area (Å²) in [6.45, 7) is 5.38. The third kappa shape index (κ3) is 42.9. The number of hydrogen-bond donors (Lipinski definition) is 1. The fraction of sp³-hybridized carbons (Fsp3) is 0.717. The number of quaternary nitrogens is 1. The molecule has 1 unspecified atom stereocenters. The molecular weight excluding hydrogens is 709 g/mol. The number of nitrogens with zero attached hydrogens (tertiary/aromatic N) is 1. The van der Waals surface area contributed by atoms with Gasteiger partial charge in [0.1, 0.15) is 19.3 Å². The highest BCUT2D eigenvalue weighted by atomic mass is 31.2. The molecule has 0 bridgehead atoms. The fourth-order valence-electron chi connectivity index (χ4n) is 5.62. The van der Waals surface area contributed by atoms with Gasteiger partial charge in [-0.3, -0.25) is 9.05 Å². The van der Waals surface area contributed by atoms with Crippen molar-refractivity contribution >= 4 is 13.8 Å². The average Bonchev–Trinajstić information content (AvgIpc) is 3.13. The Kier molecular flexibility index (Phi) is 37.3.